The van der Waals surface area contributed by atoms with Gasteiger partial charge in [0.2, 0.25) is 0 Å². The van der Waals surface area contributed by atoms with E-state index in [2.05, 4.69) is 4.98 Å². The molecule has 0 radical (unpaired) electrons. The van der Waals surface area contributed by atoms with Crippen molar-refractivity contribution < 1.29 is 9.67 Å². The number of nitrogens with zero attached hydrogens (tertiary/aromatic N) is 1. The van der Waals surface area contributed by atoms with E-state index in [1.807, 2.05) is 30.9 Å². The van der Waals surface area contributed by atoms with Crippen LogP contribution in [0.5, 0.6) is 0 Å². The van der Waals surface area contributed by atoms with Gasteiger partial charge in [-0.15, -0.1) is 0 Å². The molecule has 1 atom stereocenters. The molecule has 1 aromatic rings. The van der Waals surface area contributed by atoms with Gasteiger partial charge in [0.15, 0.2) is 0 Å². The van der Waals surface area contributed by atoms with Crippen molar-refractivity contribution in [2.75, 3.05) is 0 Å². The first-order valence-corrected chi connectivity index (χ1v) is 3.94. The van der Waals surface area contributed by atoms with Gasteiger partial charge >= 0.3 is 0 Å². The SMILES string of the molecule is CCC(O)Cc1[nH]cc[n+]1C. The molecule has 62 valence electrons. The molecule has 2 N–H and O–H groups in total. The van der Waals surface area contributed by atoms with Crippen molar-refractivity contribution in [2.24, 2.45) is 7.05 Å². The first-order valence-electron chi connectivity index (χ1n) is 3.94. The largest absolute Gasteiger partial charge is 0.392 e. The Labute approximate surface area is 66.7 Å². The quantitative estimate of drug-likeness (QED) is 0.599. The third kappa shape index (κ3) is 2.05. The summed E-state index contributed by atoms with van der Waals surface area (Å²) in [6.45, 7) is 1.98. The van der Waals surface area contributed by atoms with Crippen molar-refractivity contribution in [1.82, 2.24) is 4.98 Å². The Bertz CT molecular complexity index is 220. The number of hydrogen-bond donors (Lipinski definition) is 2. The second-order valence-electron chi connectivity index (χ2n) is 2.78. The zero-order valence-electron chi connectivity index (χ0n) is 7.04. The van der Waals surface area contributed by atoms with Crippen molar-refractivity contribution in [2.45, 2.75) is 25.9 Å². The molecular weight excluding hydrogens is 140 g/mol. The molecule has 0 amide bonds. The fraction of sp³-hybridized carbons (Fsp3) is 0.625. The summed E-state index contributed by atoms with van der Waals surface area (Å²) in [5.74, 6) is 1.07. The second kappa shape index (κ2) is 3.53. The molecule has 3 nitrogen and oxygen atoms in total. The zero-order valence-corrected chi connectivity index (χ0v) is 7.04. The third-order valence-electron chi connectivity index (χ3n) is 1.87. The number of aromatic amines is 1. The normalized spacial score (nSPS) is 13.4. The second-order valence-corrected chi connectivity index (χ2v) is 2.78. The van der Waals surface area contributed by atoms with E-state index in [1.54, 1.807) is 0 Å². The molecule has 0 bridgehead atoms. The maximum Gasteiger partial charge on any atom is 0.256 e. The topological polar surface area (TPSA) is 39.9 Å². The van der Waals surface area contributed by atoms with Gasteiger partial charge in [-0.2, -0.15) is 0 Å². The van der Waals surface area contributed by atoms with Crippen molar-refractivity contribution in [3.8, 4) is 0 Å². The number of aromatic nitrogens is 2. The summed E-state index contributed by atoms with van der Waals surface area (Å²) in [6.07, 6.45) is 5.11. The molecule has 0 saturated carbocycles. The van der Waals surface area contributed by atoms with E-state index in [4.69, 9.17) is 0 Å². The lowest BCUT2D eigenvalue weighted by atomic mass is 10.2. The maximum atomic E-state index is 9.32. The van der Waals surface area contributed by atoms with Crippen LogP contribution in [-0.4, -0.2) is 16.2 Å². The van der Waals surface area contributed by atoms with Gasteiger partial charge in [0.25, 0.3) is 5.82 Å². The Morgan fingerprint density at radius 2 is 2.45 bits per heavy atom. The molecule has 11 heavy (non-hydrogen) atoms. The Morgan fingerprint density at radius 1 is 1.73 bits per heavy atom. The lowest BCUT2D eigenvalue weighted by Crippen LogP contribution is -2.32. The fourth-order valence-corrected chi connectivity index (χ4v) is 1.01. The number of imidazole rings is 1. The van der Waals surface area contributed by atoms with E-state index in [0.717, 1.165) is 12.2 Å². The minimum absolute atomic E-state index is 0.222. The van der Waals surface area contributed by atoms with Gasteiger partial charge < -0.3 is 5.11 Å². The van der Waals surface area contributed by atoms with Crippen LogP contribution < -0.4 is 4.57 Å². The van der Waals surface area contributed by atoms with E-state index in [9.17, 15) is 5.11 Å². The molecule has 3 heteroatoms. The fourth-order valence-electron chi connectivity index (χ4n) is 1.01. The smallest absolute Gasteiger partial charge is 0.256 e. The number of H-pyrrole nitrogens is 1. The maximum absolute atomic E-state index is 9.32. The van der Waals surface area contributed by atoms with Crippen LogP contribution in [0.2, 0.25) is 0 Å². The molecule has 1 aromatic heterocycles. The summed E-state index contributed by atoms with van der Waals surface area (Å²) in [5.41, 5.74) is 0. The number of rotatable bonds is 3. The number of hydrogen-bond acceptors (Lipinski definition) is 1. The molecule has 0 fully saturated rings. The van der Waals surface area contributed by atoms with Gasteiger partial charge in [-0.3, -0.25) is 0 Å². The van der Waals surface area contributed by atoms with Crippen molar-refractivity contribution >= 4 is 0 Å². The molecule has 0 aliphatic heterocycles. The summed E-state index contributed by atoms with van der Waals surface area (Å²) in [6, 6.07) is 0. The van der Waals surface area contributed by atoms with E-state index >= 15 is 0 Å². The summed E-state index contributed by atoms with van der Waals surface area (Å²) in [5, 5.41) is 9.32. The average Bonchev–Trinajstić information content (AvgIpc) is 2.37. The van der Waals surface area contributed by atoms with Gasteiger partial charge in [0, 0.05) is 0 Å². The lowest BCUT2D eigenvalue weighted by molar-refractivity contribution is -0.678. The van der Waals surface area contributed by atoms with Crippen molar-refractivity contribution in [1.29, 1.82) is 0 Å². The molecule has 0 aliphatic carbocycles. The van der Waals surface area contributed by atoms with Crippen molar-refractivity contribution in [3.63, 3.8) is 0 Å². The number of nitrogens with one attached hydrogen (secondary N) is 1. The van der Waals surface area contributed by atoms with Crippen LogP contribution in [0.25, 0.3) is 0 Å². The Morgan fingerprint density at radius 3 is 2.91 bits per heavy atom. The molecule has 0 aliphatic rings. The average molecular weight is 155 g/mol. The monoisotopic (exact) mass is 155 g/mol. The summed E-state index contributed by atoms with van der Waals surface area (Å²) >= 11 is 0. The highest BCUT2D eigenvalue weighted by Gasteiger charge is 2.11. The first kappa shape index (κ1) is 8.27. The standard InChI is InChI=1S/C8H14N2O/c1-3-7(11)6-8-9-4-5-10(8)2/h4-5,7,11H,3,6H2,1-2H3/p+1. The predicted octanol–water partition coefficient (Wildman–Crippen LogP) is 0.153. The van der Waals surface area contributed by atoms with Gasteiger partial charge in [-0.25, -0.2) is 9.55 Å². The number of aliphatic hydroxyl groups is 1. The number of aliphatic hydroxyl groups excluding tert-OH is 1. The van der Waals surface area contributed by atoms with Gasteiger partial charge in [-0.1, -0.05) is 6.92 Å². The molecule has 0 spiro atoms. The molecule has 0 aromatic carbocycles. The molecule has 1 heterocycles. The molecule has 1 unspecified atom stereocenters. The van der Waals surface area contributed by atoms with Gasteiger partial charge in [-0.05, 0) is 6.42 Å². The first-order chi connectivity index (χ1) is 5.24. The minimum atomic E-state index is -0.222. The zero-order chi connectivity index (χ0) is 8.27. The van der Waals surface area contributed by atoms with Gasteiger partial charge in [0.05, 0.1) is 19.6 Å². The Hall–Kier alpha value is -0.830. The molecule has 1 rings (SSSR count). The molecule has 0 saturated heterocycles. The summed E-state index contributed by atoms with van der Waals surface area (Å²) in [4.78, 5) is 3.07. The Balaban J connectivity index is 2.56. The third-order valence-corrected chi connectivity index (χ3v) is 1.87. The van der Waals surface area contributed by atoms with Crippen LogP contribution in [0, 0.1) is 0 Å². The highest BCUT2D eigenvalue weighted by atomic mass is 16.3. The van der Waals surface area contributed by atoms with Crippen LogP contribution in [0.15, 0.2) is 12.4 Å². The Kier molecular flexibility index (Phi) is 2.65. The van der Waals surface area contributed by atoms with Crippen LogP contribution in [0.1, 0.15) is 19.2 Å². The van der Waals surface area contributed by atoms with Crippen LogP contribution in [0.4, 0.5) is 0 Å². The van der Waals surface area contributed by atoms with Crippen LogP contribution >= 0.6 is 0 Å². The lowest BCUT2D eigenvalue weighted by Gasteiger charge is -2.02. The number of aryl methyl sites for hydroxylation is 1. The summed E-state index contributed by atoms with van der Waals surface area (Å²) in [7, 11) is 1.97. The summed E-state index contributed by atoms with van der Waals surface area (Å²) < 4.78 is 1.98. The minimum Gasteiger partial charge on any atom is -0.392 e. The van der Waals surface area contributed by atoms with E-state index in [1.165, 1.54) is 0 Å². The van der Waals surface area contributed by atoms with E-state index in [0.29, 0.717) is 6.42 Å². The predicted molar refractivity (Wildman–Crippen MR) is 42.0 cm³/mol. The van der Waals surface area contributed by atoms with E-state index < -0.39 is 0 Å². The van der Waals surface area contributed by atoms with E-state index in [-0.39, 0.29) is 6.10 Å². The van der Waals surface area contributed by atoms with Crippen LogP contribution in [-0.2, 0) is 13.5 Å². The van der Waals surface area contributed by atoms with Gasteiger partial charge in [0.1, 0.15) is 12.4 Å². The highest BCUT2D eigenvalue weighted by molar-refractivity contribution is 4.79. The van der Waals surface area contributed by atoms with Crippen LogP contribution in [0.3, 0.4) is 0 Å². The molecular formula is C8H15N2O+. The highest BCUT2D eigenvalue weighted by Crippen LogP contribution is 1.97. The van der Waals surface area contributed by atoms with Crippen molar-refractivity contribution in [3.05, 3.63) is 18.2 Å².